The van der Waals surface area contributed by atoms with Crippen molar-refractivity contribution in [2.45, 2.75) is 270 Å². The highest BCUT2D eigenvalue weighted by Crippen LogP contribution is 2.17. The Hall–Kier alpha value is -4.05. The highest BCUT2D eigenvalue weighted by Gasteiger charge is 2.22. The lowest BCUT2D eigenvalue weighted by atomic mass is 10.0. The second-order valence-electron chi connectivity index (χ2n) is 22.3. The molecule has 0 fully saturated rings. The Balaban J connectivity index is 4.02. The zero-order valence-corrected chi connectivity index (χ0v) is 51.5. The SMILES string of the molecule is CC/C=C\C/C=C\C/C=C\C/C=C\C/C=C\CCCCCCCCCCCCCCCCCCCCCCCCCC(=O)OC(COC(=O)CCCC/C=C\C/C=C\C/C=C\C/C=C\CC)COC(OCC[N+](C)(C)C)C(=O)[O-]. The summed E-state index contributed by atoms with van der Waals surface area (Å²) in [4.78, 5) is 37.3. The molecule has 0 aromatic rings. The topological polar surface area (TPSA) is 111 Å². The molecular formula is C70H119NO8. The third kappa shape index (κ3) is 61.4. The minimum Gasteiger partial charge on any atom is -0.545 e. The van der Waals surface area contributed by atoms with Crippen molar-refractivity contribution in [1.82, 2.24) is 0 Å². The van der Waals surface area contributed by atoms with Gasteiger partial charge in [-0.3, -0.25) is 9.59 Å². The highest BCUT2D eigenvalue weighted by atomic mass is 16.7. The third-order valence-electron chi connectivity index (χ3n) is 13.5. The molecule has 0 saturated heterocycles. The van der Waals surface area contributed by atoms with Gasteiger partial charge in [0.25, 0.3) is 0 Å². The standard InChI is InChI=1S/C70H119NO8/c1-6-8-10-12-14-16-18-20-22-23-24-25-26-27-28-29-30-31-32-33-34-35-36-37-38-39-40-41-42-43-44-45-47-49-51-53-55-57-59-61-68(73)79-66(65-78-70(69(74)75)76-63-62-71(3,4)5)64-77-67(72)60-58-56-54-52-50-48-46-21-19-17-15-13-11-9-7-2/h8-11,14-17,20-22,24-25,27-28,46,50,52,66,70H,6-7,12-13,18-19,23,26,29-45,47-49,51,53-65H2,1-5H3/b10-8-,11-9-,16-14-,17-15-,22-20-,25-24-,28-27-,46-21-,52-50-. The molecule has 452 valence electrons. The van der Waals surface area contributed by atoms with Crippen LogP contribution >= 0.6 is 0 Å². The Bertz CT molecular complexity index is 1660. The first-order chi connectivity index (χ1) is 38.6. The monoisotopic (exact) mass is 1100 g/mol. The number of likely N-dealkylation sites (N-methyl/N-ethyl adjacent to an activating group) is 1. The predicted octanol–water partition coefficient (Wildman–Crippen LogP) is 18.1. The van der Waals surface area contributed by atoms with E-state index in [1.165, 1.54) is 128 Å². The molecule has 0 aromatic carbocycles. The zero-order chi connectivity index (χ0) is 57.6. The van der Waals surface area contributed by atoms with Gasteiger partial charge >= 0.3 is 11.9 Å². The van der Waals surface area contributed by atoms with E-state index in [0.29, 0.717) is 23.9 Å². The number of aliphatic carboxylic acids is 1. The molecule has 0 N–H and O–H groups in total. The lowest BCUT2D eigenvalue weighted by molar-refractivity contribution is -0.870. The van der Waals surface area contributed by atoms with Crippen molar-refractivity contribution in [3.05, 3.63) is 109 Å². The fourth-order valence-electron chi connectivity index (χ4n) is 8.67. The Morgan fingerprint density at radius 1 is 0.380 bits per heavy atom. The van der Waals surface area contributed by atoms with Crippen molar-refractivity contribution in [2.75, 3.05) is 47.5 Å². The van der Waals surface area contributed by atoms with Crippen LogP contribution in [0.25, 0.3) is 0 Å². The Labute approximate surface area is 485 Å². The molecule has 0 aliphatic heterocycles. The summed E-state index contributed by atoms with van der Waals surface area (Å²) in [5, 5.41) is 11.8. The molecule has 9 nitrogen and oxygen atoms in total. The number of carbonyl (C=O) groups excluding carboxylic acids is 3. The van der Waals surface area contributed by atoms with Crippen LogP contribution in [0.3, 0.4) is 0 Å². The number of rotatable bonds is 58. The lowest BCUT2D eigenvalue weighted by Gasteiger charge is -2.26. The number of quaternary nitrogens is 1. The number of hydrogen-bond donors (Lipinski definition) is 0. The van der Waals surface area contributed by atoms with Crippen molar-refractivity contribution in [3.8, 4) is 0 Å². The van der Waals surface area contributed by atoms with E-state index in [4.69, 9.17) is 18.9 Å². The van der Waals surface area contributed by atoms with E-state index in [2.05, 4.69) is 123 Å². The first kappa shape index (κ1) is 75.0. The Kier molecular flexibility index (Phi) is 57.0. The van der Waals surface area contributed by atoms with Crippen molar-refractivity contribution in [2.24, 2.45) is 0 Å². The summed E-state index contributed by atoms with van der Waals surface area (Å²) in [7, 11) is 5.91. The Morgan fingerprint density at radius 2 is 0.684 bits per heavy atom. The molecule has 2 unspecified atom stereocenters. The van der Waals surface area contributed by atoms with Gasteiger partial charge in [0.2, 0.25) is 0 Å². The summed E-state index contributed by atoms with van der Waals surface area (Å²) in [5.41, 5.74) is 0. The number of hydrogen-bond acceptors (Lipinski definition) is 8. The normalized spacial score (nSPS) is 13.5. The predicted molar refractivity (Wildman–Crippen MR) is 333 cm³/mol. The largest absolute Gasteiger partial charge is 0.545 e. The quantitative estimate of drug-likeness (QED) is 0.0195. The molecule has 0 aliphatic rings. The molecule has 9 heteroatoms. The average Bonchev–Trinajstić information content (AvgIpc) is 3.42. The van der Waals surface area contributed by atoms with Crippen LogP contribution in [0.4, 0.5) is 0 Å². The van der Waals surface area contributed by atoms with Crippen LogP contribution in [-0.4, -0.2) is 82.3 Å². The number of carboxylic acid groups (broad SMARTS) is 1. The molecule has 0 amide bonds. The minimum absolute atomic E-state index is 0.138. The lowest BCUT2D eigenvalue weighted by Crippen LogP contribution is -2.44. The van der Waals surface area contributed by atoms with E-state index in [-0.39, 0.29) is 32.7 Å². The number of unbranched alkanes of at least 4 members (excludes halogenated alkanes) is 25. The molecule has 0 aromatic heterocycles. The van der Waals surface area contributed by atoms with Crippen LogP contribution < -0.4 is 5.11 Å². The van der Waals surface area contributed by atoms with Gasteiger partial charge in [-0.05, 0) is 96.3 Å². The molecular weight excluding hydrogens is 983 g/mol. The zero-order valence-electron chi connectivity index (χ0n) is 51.5. The van der Waals surface area contributed by atoms with Gasteiger partial charge in [0.1, 0.15) is 13.2 Å². The van der Waals surface area contributed by atoms with Gasteiger partial charge in [-0.2, -0.15) is 0 Å². The van der Waals surface area contributed by atoms with Crippen LogP contribution in [0.1, 0.15) is 258 Å². The van der Waals surface area contributed by atoms with Crippen LogP contribution in [0, 0.1) is 0 Å². The second kappa shape index (κ2) is 60.1. The third-order valence-corrected chi connectivity index (χ3v) is 13.5. The first-order valence-corrected chi connectivity index (χ1v) is 32.0. The summed E-state index contributed by atoms with van der Waals surface area (Å²) in [6.45, 7) is 4.47. The highest BCUT2D eigenvalue weighted by molar-refractivity contribution is 5.70. The second-order valence-corrected chi connectivity index (χ2v) is 22.3. The number of ether oxygens (including phenoxy) is 4. The summed E-state index contributed by atoms with van der Waals surface area (Å²) in [6.07, 6.45) is 80.4. The van der Waals surface area contributed by atoms with Crippen molar-refractivity contribution >= 4 is 17.9 Å². The number of nitrogens with zero attached hydrogens (tertiary/aromatic N) is 1. The molecule has 79 heavy (non-hydrogen) atoms. The van der Waals surface area contributed by atoms with Crippen molar-refractivity contribution in [3.63, 3.8) is 0 Å². The number of allylic oxidation sites excluding steroid dienone is 18. The fraction of sp³-hybridized carbons (Fsp3) is 0.700. The van der Waals surface area contributed by atoms with Gasteiger partial charge in [0, 0.05) is 12.8 Å². The smallest absolute Gasteiger partial charge is 0.306 e. The summed E-state index contributed by atoms with van der Waals surface area (Å²) < 4.78 is 22.7. The number of carbonyl (C=O) groups is 3. The van der Waals surface area contributed by atoms with Crippen molar-refractivity contribution in [1.29, 1.82) is 0 Å². The summed E-state index contributed by atoms with van der Waals surface area (Å²) >= 11 is 0. The fourth-order valence-corrected chi connectivity index (χ4v) is 8.67. The molecule has 0 aliphatic carbocycles. The Morgan fingerprint density at radius 3 is 1.04 bits per heavy atom. The maximum atomic E-state index is 12.9. The molecule has 0 heterocycles. The molecule has 0 spiro atoms. The van der Waals surface area contributed by atoms with E-state index in [1.807, 2.05) is 21.1 Å². The van der Waals surface area contributed by atoms with E-state index in [1.54, 1.807) is 0 Å². The minimum atomic E-state index is -1.63. The summed E-state index contributed by atoms with van der Waals surface area (Å²) in [6, 6.07) is 0. The maximum Gasteiger partial charge on any atom is 0.306 e. The van der Waals surface area contributed by atoms with E-state index in [9.17, 15) is 19.5 Å². The molecule has 0 rings (SSSR count). The van der Waals surface area contributed by atoms with Crippen LogP contribution in [-0.2, 0) is 33.3 Å². The van der Waals surface area contributed by atoms with Gasteiger partial charge < -0.3 is 33.3 Å². The van der Waals surface area contributed by atoms with Gasteiger partial charge in [-0.15, -0.1) is 0 Å². The van der Waals surface area contributed by atoms with Gasteiger partial charge in [-0.25, -0.2) is 0 Å². The van der Waals surface area contributed by atoms with Crippen molar-refractivity contribution < 1.29 is 42.9 Å². The molecule has 0 bridgehead atoms. The van der Waals surface area contributed by atoms with E-state index < -0.39 is 30.3 Å². The molecule has 0 saturated carbocycles. The van der Waals surface area contributed by atoms with Gasteiger partial charge in [0.15, 0.2) is 12.4 Å². The van der Waals surface area contributed by atoms with Crippen LogP contribution in [0.15, 0.2) is 109 Å². The average molecular weight is 1100 g/mol. The number of esters is 2. The van der Waals surface area contributed by atoms with Gasteiger partial charge in [0.05, 0.1) is 40.3 Å². The van der Waals surface area contributed by atoms with Crippen LogP contribution in [0.2, 0.25) is 0 Å². The van der Waals surface area contributed by atoms with E-state index in [0.717, 1.165) is 89.9 Å². The molecule has 0 radical (unpaired) electrons. The van der Waals surface area contributed by atoms with Gasteiger partial charge in [-0.1, -0.05) is 258 Å². The first-order valence-electron chi connectivity index (χ1n) is 32.0. The van der Waals surface area contributed by atoms with Crippen LogP contribution in [0.5, 0.6) is 0 Å². The number of carboxylic acids is 1. The van der Waals surface area contributed by atoms with E-state index >= 15 is 0 Å². The summed E-state index contributed by atoms with van der Waals surface area (Å²) in [5.74, 6) is -2.34. The molecule has 2 atom stereocenters. The maximum absolute atomic E-state index is 12.9.